The zero-order chi connectivity index (χ0) is 40.1. The van der Waals surface area contributed by atoms with Crippen molar-refractivity contribution in [3.05, 3.63) is 219 Å². The molecule has 10 rings (SSSR count). The van der Waals surface area contributed by atoms with Gasteiger partial charge >= 0.3 is 0 Å². The van der Waals surface area contributed by atoms with E-state index >= 15 is 0 Å². The maximum absolute atomic E-state index is 5.08. The van der Waals surface area contributed by atoms with Gasteiger partial charge in [0.2, 0.25) is 0 Å². The van der Waals surface area contributed by atoms with Crippen LogP contribution in [0.5, 0.6) is 0 Å². The van der Waals surface area contributed by atoms with E-state index in [9.17, 15) is 0 Å². The van der Waals surface area contributed by atoms with Crippen LogP contribution in [0.1, 0.15) is 0 Å². The Morgan fingerprint density at radius 3 is 0.617 bits per heavy atom. The summed E-state index contributed by atoms with van der Waals surface area (Å²) in [6.07, 6.45) is 10.9. The molecule has 0 N–H and O–H groups in total. The Morgan fingerprint density at radius 2 is 0.383 bits per heavy atom. The maximum atomic E-state index is 5.08. The van der Waals surface area contributed by atoms with Crippen molar-refractivity contribution in [1.82, 2.24) is 29.9 Å². The van der Waals surface area contributed by atoms with Crippen LogP contribution in [0.15, 0.2) is 219 Å². The molecule has 6 aromatic carbocycles. The summed E-state index contributed by atoms with van der Waals surface area (Å²) in [6.45, 7) is 0. The fourth-order valence-corrected chi connectivity index (χ4v) is 7.47. The summed E-state index contributed by atoms with van der Waals surface area (Å²) in [7, 11) is 0. The van der Waals surface area contributed by atoms with E-state index in [0.29, 0.717) is 17.5 Å². The second kappa shape index (κ2) is 16.3. The van der Waals surface area contributed by atoms with Gasteiger partial charge in [-0.25, -0.2) is 15.0 Å². The fraction of sp³-hybridized carbons (Fsp3) is 0. The molecule has 0 fully saturated rings. The molecule has 6 heteroatoms. The van der Waals surface area contributed by atoms with Gasteiger partial charge in [-0.15, -0.1) is 0 Å². The summed E-state index contributed by atoms with van der Waals surface area (Å²) in [5.41, 5.74) is 16.3. The highest BCUT2D eigenvalue weighted by atomic mass is 15.0. The van der Waals surface area contributed by atoms with Gasteiger partial charge in [-0.2, -0.15) is 0 Å². The molecule has 4 heterocycles. The van der Waals surface area contributed by atoms with Gasteiger partial charge < -0.3 is 0 Å². The van der Waals surface area contributed by atoms with Gasteiger partial charge in [0.25, 0.3) is 0 Å². The Hall–Kier alpha value is -8.22. The molecule has 0 bridgehead atoms. The monoisotopic (exact) mass is 768 g/mol. The Kier molecular flexibility index (Phi) is 9.84. The van der Waals surface area contributed by atoms with Crippen LogP contribution in [0.3, 0.4) is 0 Å². The molecule has 0 atom stereocenters. The molecule has 0 saturated heterocycles. The van der Waals surface area contributed by atoms with Crippen LogP contribution in [-0.4, -0.2) is 29.9 Å². The van der Waals surface area contributed by atoms with Crippen molar-refractivity contribution >= 4 is 0 Å². The zero-order valence-electron chi connectivity index (χ0n) is 32.5. The highest BCUT2D eigenvalue weighted by Gasteiger charge is 2.14. The van der Waals surface area contributed by atoms with Gasteiger partial charge in [-0.3, -0.25) is 15.0 Å². The van der Waals surface area contributed by atoms with Crippen LogP contribution < -0.4 is 0 Å². The van der Waals surface area contributed by atoms with Crippen LogP contribution in [0.25, 0.3) is 101 Å². The third-order valence-corrected chi connectivity index (χ3v) is 10.7. The third kappa shape index (κ3) is 7.73. The van der Waals surface area contributed by atoms with Crippen LogP contribution in [0.4, 0.5) is 0 Å². The van der Waals surface area contributed by atoms with E-state index in [2.05, 4.69) is 161 Å². The molecule has 6 nitrogen and oxygen atoms in total. The number of hydrogen-bond acceptors (Lipinski definition) is 6. The normalized spacial score (nSPS) is 11.0. The smallest absolute Gasteiger partial charge is 0.164 e. The number of pyridine rings is 3. The molecule has 4 aromatic heterocycles. The molecule has 0 aliphatic heterocycles. The van der Waals surface area contributed by atoms with E-state index in [-0.39, 0.29) is 0 Å². The lowest BCUT2D eigenvalue weighted by Gasteiger charge is -2.11. The van der Waals surface area contributed by atoms with Gasteiger partial charge in [0.15, 0.2) is 17.5 Å². The van der Waals surface area contributed by atoms with Gasteiger partial charge in [0.1, 0.15) is 0 Å². The van der Waals surface area contributed by atoms with Crippen molar-refractivity contribution in [3.8, 4) is 101 Å². The molecular formula is C54H36N6. The van der Waals surface area contributed by atoms with Crippen molar-refractivity contribution in [2.45, 2.75) is 0 Å². The Labute approximate surface area is 348 Å². The summed E-state index contributed by atoms with van der Waals surface area (Å²) in [5.74, 6) is 1.82. The van der Waals surface area contributed by atoms with Crippen LogP contribution >= 0.6 is 0 Å². The van der Waals surface area contributed by atoms with Crippen molar-refractivity contribution in [3.63, 3.8) is 0 Å². The standard InChI is InChI=1S/C54H36N6/c1-4-46(34-49(7-1)40-22-28-55-29-23-40)37-10-16-43(17-11-37)52-58-53(44-18-12-38(13-19-44)47-5-2-8-50(35-47)41-24-30-56-31-25-41)60-54(59-52)45-20-14-39(15-21-45)48-6-3-9-51(36-48)42-26-32-57-33-27-42/h1-36H. The van der Waals surface area contributed by atoms with E-state index < -0.39 is 0 Å². The third-order valence-electron chi connectivity index (χ3n) is 10.7. The SMILES string of the molecule is c1cc(-c2ccncc2)cc(-c2ccc(-c3nc(-c4ccc(-c5cccc(-c6ccncc6)c5)cc4)nc(-c4ccc(-c5cccc(-c6ccncc6)c5)cc4)n3)cc2)c1. The number of benzene rings is 6. The average molecular weight is 769 g/mol. The summed E-state index contributed by atoms with van der Waals surface area (Å²) in [6, 6.07) is 63.2. The molecule has 0 unspecified atom stereocenters. The van der Waals surface area contributed by atoms with Gasteiger partial charge in [-0.1, -0.05) is 127 Å². The largest absolute Gasteiger partial charge is 0.265 e. The van der Waals surface area contributed by atoms with Crippen molar-refractivity contribution in [2.24, 2.45) is 0 Å². The minimum absolute atomic E-state index is 0.607. The fourth-order valence-electron chi connectivity index (χ4n) is 7.47. The predicted octanol–water partition coefficient (Wildman–Crippen LogP) is 13.1. The topological polar surface area (TPSA) is 77.3 Å². The van der Waals surface area contributed by atoms with Crippen LogP contribution in [-0.2, 0) is 0 Å². The average Bonchev–Trinajstić information content (AvgIpc) is 3.35. The van der Waals surface area contributed by atoms with Crippen molar-refractivity contribution in [2.75, 3.05) is 0 Å². The van der Waals surface area contributed by atoms with E-state index in [1.165, 1.54) is 0 Å². The first-order chi connectivity index (χ1) is 29.7. The van der Waals surface area contributed by atoms with Gasteiger partial charge in [0, 0.05) is 53.9 Å². The maximum Gasteiger partial charge on any atom is 0.164 e. The molecule has 0 amide bonds. The zero-order valence-corrected chi connectivity index (χ0v) is 32.5. The summed E-state index contributed by atoms with van der Waals surface area (Å²) >= 11 is 0. The molecule has 0 saturated carbocycles. The van der Waals surface area contributed by atoms with E-state index in [1.807, 2.05) is 73.6 Å². The van der Waals surface area contributed by atoms with Crippen molar-refractivity contribution < 1.29 is 0 Å². The molecule has 0 spiro atoms. The highest BCUT2D eigenvalue weighted by Crippen LogP contribution is 2.33. The molecule has 0 aliphatic rings. The molecule has 0 aliphatic carbocycles. The minimum atomic E-state index is 0.607. The lowest BCUT2D eigenvalue weighted by Crippen LogP contribution is -2.00. The number of hydrogen-bond donors (Lipinski definition) is 0. The Morgan fingerprint density at radius 1 is 0.183 bits per heavy atom. The van der Waals surface area contributed by atoms with E-state index in [1.54, 1.807) is 0 Å². The molecule has 282 valence electrons. The van der Waals surface area contributed by atoms with E-state index in [0.717, 1.165) is 83.5 Å². The molecule has 60 heavy (non-hydrogen) atoms. The first kappa shape index (κ1) is 36.1. The van der Waals surface area contributed by atoms with Gasteiger partial charge in [0.05, 0.1) is 0 Å². The Bertz CT molecular complexity index is 2700. The number of aromatic nitrogens is 6. The second-order valence-corrected chi connectivity index (χ2v) is 14.5. The second-order valence-electron chi connectivity index (χ2n) is 14.5. The minimum Gasteiger partial charge on any atom is -0.265 e. The first-order valence-corrected chi connectivity index (χ1v) is 19.8. The summed E-state index contributed by atoms with van der Waals surface area (Å²) in [4.78, 5) is 27.8. The molecule has 10 aromatic rings. The van der Waals surface area contributed by atoms with Crippen LogP contribution in [0, 0.1) is 0 Å². The van der Waals surface area contributed by atoms with Gasteiger partial charge in [-0.05, 0) is 121 Å². The lowest BCUT2D eigenvalue weighted by molar-refractivity contribution is 1.07. The highest BCUT2D eigenvalue weighted by molar-refractivity contribution is 5.78. The number of rotatable bonds is 9. The molecular weight excluding hydrogens is 733 g/mol. The van der Waals surface area contributed by atoms with Crippen molar-refractivity contribution in [1.29, 1.82) is 0 Å². The first-order valence-electron chi connectivity index (χ1n) is 19.8. The number of nitrogens with zero attached hydrogens (tertiary/aromatic N) is 6. The lowest BCUT2D eigenvalue weighted by atomic mass is 9.98. The Balaban J connectivity index is 0.997. The predicted molar refractivity (Wildman–Crippen MR) is 242 cm³/mol. The summed E-state index contributed by atoms with van der Waals surface area (Å²) < 4.78 is 0. The molecule has 0 radical (unpaired) electrons. The van der Waals surface area contributed by atoms with Crippen LogP contribution in [0.2, 0.25) is 0 Å². The summed E-state index contributed by atoms with van der Waals surface area (Å²) in [5, 5.41) is 0. The van der Waals surface area contributed by atoms with E-state index in [4.69, 9.17) is 15.0 Å². The quantitative estimate of drug-likeness (QED) is 0.145.